The molecule has 0 saturated heterocycles. The molecule has 3 heterocycles. The molecule has 0 N–H and O–H groups in total. The van der Waals surface area contributed by atoms with Crippen LogP contribution in [0.5, 0.6) is 5.75 Å². The maximum atomic E-state index is 12.8. The molecule has 6 heteroatoms. The van der Waals surface area contributed by atoms with Crippen LogP contribution in [-0.4, -0.2) is 21.1 Å². The summed E-state index contributed by atoms with van der Waals surface area (Å²) in [5, 5.41) is 0. The van der Waals surface area contributed by atoms with Gasteiger partial charge in [0.25, 0.3) is 5.56 Å². The fourth-order valence-corrected chi connectivity index (χ4v) is 4.16. The molecular weight excluding hydrogens is 358 g/mol. The second-order valence-corrected chi connectivity index (χ2v) is 7.19. The highest BCUT2D eigenvalue weighted by molar-refractivity contribution is 7.15. The molecule has 0 aliphatic carbocycles. The quantitative estimate of drug-likeness (QED) is 0.488. The summed E-state index contributed by atoms with van der Waals surface area (Å²) < 4.78 is 9.58. The van der Waals surface area contributed by atoms with Crippen LogP contribution in [-0.2, 0) is 0 Å². The highest BCUT2D eigenvalue weighted by Gasteiger charge is 2.10. The summed E-state index contributed by atoms with van der Waals surface area (Å²) >= 11 is 1.41. The first-order valence-electron chi connectivity index (χ1n) is 8.47. The van der Waals surface area contributed by atoms with Crippen molar-refractivity contribution in [1.82, 2.24) is 14.0 Å². The number of methoxy groups -OCH3 is 1. The molecule has 3 aromatic heterocycles. The van der Waals surface area contributed by atoms with Gasteiger partial charge in [0, 0.05) is 18.1 Å². The third kappa shape index (κ3) is 2.62. The van der Waals surface area contributed by atoms with E-state index in [1.807, 2.05) is 77.6 Å². The summed E-state index contributed by atoms with van der Waals surface area (Å²) in [6.07, 6.45) is 5.89. The minimum Gasteiger partial charge on any atom is -0.497 e. The maximum absolute atomic E-state index is 12.8. The second kappa shape index (κ2) is 6.10. The maximum Gasteiger partial charge on any atom is 0.274 e. The van der Waals surface area contributed by atoms with Crippen molar-refractivity contribution in [2.75, 3.05) is 7.11 Å². The van der Waals surface area contributed by atoms with Gasteiger partial charge in [0.2, 0.25) is 0 Å². The van der Waals surface area contributed by atoms with Crippen LogP contribution in [0.1, 0.15) is 5.56 Å². The van der Waals surface area contributed by atoms with Gasteiger partial charge in [0.1, 0.15) is 5.75 Å². The Morgan fingerprint density at radius 3 is 2.70 bits per heavy atom. The molecule has 0 radical (unpaired) electrons. The van der Waals surface area contributed by atoms with Gasteiger partial charge in [-0.2, -0.15) is 0 Å². The van der Waals surface area contributed by atoms with Crippen LogP contribution in [0.15, 0.2) is 71.8 Å². The monoisotopic (exact) mass is 373 g/mol. The van der Waals surface area contributed by atoms with Crippen molar-refractivity contribution >= 4 is 33.4 Å². The number of para-hydroxylation sites is 2. The van der Waals surface area contributed by atoms with Crippen molar-refractivity contribution in [2.45, 2.75) is 0 Å². The Labute approximate surface area is 158 Å². The first-order valence-corrected chi connectivity index (χ1v) is 9.29. The van der Waals surface area contributed by atoms with Crippen LogP contribution in [0.2, 0.25) is 0 Å². The molecule has 27 heavy (non-hydrogen) atoms. The zero-order chi connectivity index (χ0) is 18.4. The molecule has 0 spiro atoms. The predicted octanol–water partition coefficient (Wildman–Crippen LogP) is 3.26. The van der Waals surface area contributed by atoms with Gasteiger partial charge in [0.15, 0.2) is 4.96 Å². The van der Waals surface area contributed by atoms with E-state index in [0.717, 1.165) is 33.0 Å². The molecule has 0 bridgehead atoms. The first kappa shape index (κ1) is 15.8. The topological polar surface area (TPSA) is 48.5 Å². The zero-order valence-corrected chi connectivity index (χ0v) is 15.3. The summed E-state index contributed by atoms with van der Waals surface area (Å²) in [4.78, 5) is 18.1. The fourth-order valence-electron chi connectivity index (χ4n) is 3.18. The lowest BCUT2D eigenvalue weighted by molar-refractivity contribution is 0.415. The lowest BCUT2D eigenvalue weighted by Crippen LogP contribution is -2.22. The fraction of sp³-hybridized carbons (Fsp3) is 0.0476. The van der Waals surface area contributed by atoms with Gasteiger partial charge in [0.05, 0.1) is 22.7 Å². The molecular formula is C21H15N3O2S. The van der Waals surface area contributed by atoms with Gasteiger partial charge in [-0.25, -0.2) is 9.38 Å². The van der Waals surface area contributed by atoms with Crippen LogP contribution >= 0.6 is 11.3 Å². The number of rotatable bonds is 3. The van der Waals surface area contributed by atoms with Crippen molar-refractivity contribution < 1.29 is 4.74 Å². The highest BCUT2D eigenvalue weighted by Crippen LogP contribution is 2.17. The Balaban J connectivity index is 1.58. The first-order chi connectivity index (χ1) is 13.2. The second-order valence-electron chi connectivity index (χ2n) is 6.18. The van der Waals surface area contributed by atoms with Crippen molar-refractivity contribution in [3.8, 4) is 11.4 Å². The van der Waals surface area contributed by atoms with E-state index in [-0.39, 0.29) is 5.56 Å². The third-order valence-electron chi connectivity index (χ3n) is 4.53. The Morgan fingerprint density at radius 2 is 1.89 bits per heavy atom. The smallest absolute Gasteiger partial charge is 0.274 e. The normalized spacial score (nSPS) is 12.3. The average molecular weight is 373 g/mol. The van der Waals surface area contributed by atoms with Crippen molar-refractivity contribution in [2.24, 2.45) is 0 Å². The summed E-state index contributed by atoms with van der Waals surface area (Å²) in [6.45, 7) is 0. The molecule has 132 valence electrons. The molecule has 0 aliphatic heterocycles. The van der Waals surface area contributed by atoms with Crippen LogP contribution in [0, 0.1) is 0 Å². The van der Waals surface area contributed by atoms with E-state index in [4.69, 9.17) is 4.74 Å². The van der Waals surface area contributed by atoms with Crippen LogP contribution in [0.3, 0.4) is 0 Å². The summed E-state index contributed by atoms with van der Waals surface area (Å²) in [5.41, 5.74) is 3.67. The number of hydrogen-bond acceptors (Lipinski definition) is 4. The average Bonchev–Trinajstić information content (AvgIpc) is 3.38. The molecule has 0 aliphatic rings. The van der Waals surface area contributed by atoms with Crippen LogP contribution < -0.4 is 14.8 Å². The summed E-state index contributed by atoms with van der Waals surface area (Å²) in [6, 6.07) is 17.5. The molecule has 2 aromatic carbocycles. The van der Waals surface area contributed by atoms with Gasteiger partial charge in [-0.3, -0.25) is 4.79 Å². The number of ether oxygens (including phenoxy) is 1. The lowest BCUT2D eigenvalue weighted by Gasteiger charge is -2.04. The molecule has 5 nitrogen and oxygen atoms in total. The molecule has 5 rings (SSSR count). The van der Waals surface area contributed by atoms with Gasteiger partial charge in [-0.05, 0) is 54.1 Å². The Bertz CT molecular complexity index is 1380. The molecule has 0 saturated carbocycles. The number of fused-ring (bicyclic) bond motifs is 3. The van der Waals surface area contributed by atoms with E-state index >= 15 is 0 Å². The molecule has 0 unspecified atom stereocenters. The van der Waals surface area contributed by atoms with E-state index in [1.165, 1.54) is 11.3 Å². The van der Waals surface area contributed by atoms with E-state index in [0.29, 0.717) is 4.53 Å². The van der Waals surface area contributed by atoms with Gasteiger partial charge in [-0.15, -0.1) is 0 Å². The Morgan fingerprint density at radius 1 is 1.07 bits per heavy atom. The molecule has 0 amide bonds. The standard InChI is InChI=1S/C21H15N3O2S/c1-26-16-8-6-15(7-9-16)23-11-10-14(13-23)12-19-20(25)24-18-5-3-2-4-17(18)22-21(24)27-19/h2-13H,1H3/b19-12+. The van der Waals surface area contributed by atoms with E-state index in [2.05, 4.69) is 4.98 Å². The molecule has 0 fully saturated rings. The van der Waals surface area contributed by atoms with Crippen molar-refractivity contribution in [3.63, 3.8) is 0 Å². The van der Waals surface area contributed by atoms with E-state index in [1.54, 1.807) is 11.5 Å². The highest BCUT2D eigenvalue weighted by atomic mass is 32.1. The minimum atomic E-state index is -0.0269. The number of imidazole rings is 1. The lowest BCUT2D eigenvalue weighted by atomic mass is 10.3. The Kier molecular flexibility index (Phi) is 3.58. The SMILES string of the molecule is COc1ccc(-n2ccc(/C=c3/sc4nc5ccccc5n4c3=O)c2)cc1. The number of aromatic nitrogens is 3. The van der Waals surface area contributed by atoms with Gasteiger partial charge < -0.3 is 9.30 Å². The van der Waals surface area contributed by atoms with Gasteiger partial charge >= 0.3 is 0 Å². The third-order valence-corrected chi connectivity index (χ3v) is 5.50. The number of benzene rings is 2. The van der Waals surface area contributed by atoms with Gasteiger partial charge in [-0.1, -0.05) is 23.5 Å². The Hall–Kier alpha value is -3.38. The largest absolute Gasteiger partial charge is 0.497 e. The van der Waals surface area contributed by atoms with Crippen LogP contribution in [0.25, 0.3) is 27.8 Å². The molecule has 5 aromatic rings. The van der Waals surface area contributed by atoms with Crippen LogP contribution in [0.4, 0.5) is 0 Å². The van der Waals surface area contributed by atoms with E-state index in [9.17, 15) is 4.79 Å². The minimum absolute atomic E-state index is 0.0269. The predicted molar refractivity (Wildman–Crippen MR) is 108 cm³/mol. The summed E-state index contributed by atoms with van der Waals surface area (Å²) in [5.74, 6) is 0.822. The van der Waals surface area contributed by atoms with Crippen molar-refractivity contribution in [1.29, 1.82) is 0 Å². The molecule has 0 atom stereocenters. The van der Waals surface area contributed by atoms with E-state index < -0.39 is 0 Å². The zero-order valence-electron chi connectivity index (χ0n) is 14.5. The number of nitrogens with zero attached hydrogens (tertiary/aromatic N) is 3. The number of thiazole rings is 1. The summed E-state index contributed by atoms with van der Waals surface area (Å²) in [7, 11) is 1.65. The van der Waals surface area contributed by atoms with Crippen molar-refractivity contribution in [3.05, 3.63) is 87.4 Å². The number of hydrogen-bond donors (Lipinski definition) is 0.